The zero-order valence-electron chi connectivity index (χ0n) is 16.1. The molecule has 0 aliphatic rings. The third-order valence-electron chi connectivity index (χ3n) is 4.47. The zero-order valence-corrected chi connectivity index (χ0v) is 17.0. The minimum absolute atomic E-state index is 0.243. The number of phosphoric acid groups is 1. The second-order valence-corrected chi connectivity index (χ2v) is 8.28. The molecule has 24 heavy (non-hydrogen) atoms. The highest BCUT2D eigenvalue weighted by atomic mass is 31.2. The van der Waals surface area contributed by atoms with Gasteiger partial charge in [-0.05, 0) is 6.42 Å². The molecule has 0 spiro atoms. The summed E-state index contributed by atoms with van der Waals surface area (Å²) in [5.74, 6) is 0. The molecule has 0 saturated heterocycles. The van der Waals surface area contributed by atoms with E-state index in [0.29, 0.717) is 0 Å². The van der Waals surface area contributed by atoms with Crippen LogP contribution in [0.3, 0.4) is 0 Å². The standard InChI is InChI=1S/C19H41O4P/c1-3-4-5-6-7-8-9-10-11-12-13-14-15-16-17-18-19-23-24(20,21)22-2/h3-19H2,1-2H3,(H,20,21)/p-1. The normalized spacial score (nSPS) is 14.0. The van der Waals surface area contributed by atoms with Crippen LogP contribution < -0.4 is 4.89 Å². The molecule has 0 aromatic heterocycles. The van der Waals surface area contributed by atoms with Crippen molar-refractivity contribution in [1.29, 1.82) is 0 Å². The van der Waals surface area contributed by atoms with E-state index in [2.05, 4.69) is 16.0 Å². The van der Waals surface area contributed by atoms with Gasteiger partial charge in [-0.3, -0.25) is 4.57 Å². The van der Waals surface area contributed by atoms with Crippen LogP contribution in [0.2, 0.25) is 0 Å². The molecule has 0 aromatic rings. The lowest BCUT2D eigenvalue weighted by Gasteiger charge is -2.19. The summed E-state index contributed by atoms with van der Waals surface area (Å²) in [6, 6.07) is 0. The van der Waals surface area contributed by atoms with Crippen molar-refractivity contribution in [3.05, 3.63) is 0 Å². The van der Waals surface area contributed by atoms with Gasteiger partial charge in [0.05, 0.1) is 6.61 Å². The molecule has 0 fully saturated rings. The molecule has 5 heteroatoms. The topological polar surface area (TPSA) is 58.6 Å². The van der Waals surface area contributed by atoms with Crippen molar-refractivity contribution < 1.29 is 18.5 Å². The Morgan fingerprint density at radius 1 is 0.667 bits per heavy atom. The van der Waals surface area contributed by atoms with Gasteiger partial charge >= 0.3 is 0 Å². The van der Waals surface area contributed by atoms with Gasteiger partial charge in [0.2, 0.25) is 0 Å². The molecule has 0 saturated carbocycles. The predicted molar refractivity (Wildman–Crippen MR) is 100 cm³/mol. The predicted octanol–water partition coefficient (Wildman–Crippen LogP) is 6.38. The Hall–Kier alpha value is 0.110. The number of hydrogen-bond acceptors (Lipinski definition) is 4. The zero-order chi connectivity index (χ0) is 17.9. The van der Waals surface area contributed by atoms with E-state index in [1.807, 2.05) is 0 Å². The average molecular weight is 363 g/mol. The Morgan fingerprint density at radius 2 is 1.00 bits per heavy atom. The molecule has 1 unspecified atom stereocenters. The van der Waals surface area contributed by atoms with Gasteiger partial charge in [0.25, 0.3) is 7.82 Å². The Bertz CT molecular complexity index is 297. The van der Waals surface area contributed by atoms with Crippen LogP contribution in [0.15, 0.2) is 0 Å². The molecule has 0 aliphatic heterocycles. The molecule has 0 bridgehead atoms. The second kappa shape index (κ2) is 17.9. The van der Waals surface area contributed by atoms with Crippen LogP contribution in [0.4, 0.5) is 0 Å². The van der Waals surface area contributed by atoms with Gasteiger partial charge in [0.15, 0.2) is 0 Å². The summed E-state index contributed by atoms with van der Waals surface area (Å²) in [6.45, 7) is 2.51. The van der Waals surface area contributed by atoms with E-state index in [1.54, 1.807) is 0 Å². The van der Waals surface area contributed by atoms with E-state index in [-0.39, 0.29) is 6.61 Å². The van der Waals surface area contributed by atoms with Crippen molar-refractivity contribution in [2.45, 2.75) is 110 Å². The largest absolute Gasteiger partial charge is 0.756 e. The first-order valence-corrected chi connectivity index (χ1v) is 11.6. The summed E-state index contributed by atoms with van der Waals surface area (Å²) < 4.78 is 19.9. The van der Waals surface area contributed by atoms with Crippen LogP contribution in [0.1, 0.15) is 110 Å². The molecular formula is C19H40O4P-. The Kier molecular flexibility index (Phi) is 18.0. The Balaban J connectivity index is 3.06. The molecule has 0 N–H and O–H groups in total. The molecule has 0 aliphatic carbocycles. The highest BCUT2D eigenvalue weighted by Crippen LogP contribution is 2.36. The van der Waals surface area contributed by atoms with Crippen LogP contribution >= 0.6 is 7.82 Å². The van der Waals surface area contributed by atoms with Gasteiger partial charge in [-0.25, -0.2) is 0 Å². The van der Waals surface area contributed by atoms with Crippen LogP contribution in [-0.4, -0.2) is 13.7 Å². The van der Waals surface area contributed by atoms with Crippen molar-refractivity contribution >= 4 is 7.82 Å². The fourth-order valence-corrected chi connectivity index (χ4v) is 3.34. The SMILES string of the molecule is CCCCCCCCCCCCCCCCCCOP(=O)([O-])OC. The third kappa shape index (κ3) is 18.4. The van der Waals surface area contributed by atoms with Gasteiger partial charge in [0, 0.05) is 7.11 Å². The molecule has 1 atom stereocenters. The van der Waals surface area contributed by atoms with E-state index in [0.717, 1.165) is 26.4 Å². The first-order valence-electron chi connectivity index (χ1n) is 10.1. The molecular weight excluding hydrogens is 323 g/mol. The molecule has 0 aromatic carbocycles. The van der Waals surface area contributed by atoms with E-state index in [1.165, 1.54) is 83.5 Å². The van der Waals surface area contributed by atoms with E-state index in [9.17, 15) is 9.46 Å². The summed E-state index contributed by atoms with van der Waals surface area (Å²) in [6.07, 6.45) is 20.9. The highest BCUT2D eigenvalue weighted by molar-refractivity contribution is 7.45. The van der Waals surface area contributed by atoms with Crippen LogP contribution in [0.25, 0.3) is 0 Å². The maximum absolute atomic E-state index is 10.9. The summed E-state index contributed by atoms with van der Waals surface area (Å²) in [7, 11) is -2.89. The van der Waals surface area contributed by atoms with Gasteiger partial charge in [0.1, 0.15) is 0 Å². The average Bonchev–Trinajstić information content (AvgIpc) is 2.57. The van der Waals surface area contributed by atoms with Crippen LogP contribution in [0, 0.1) is 0 Å². The maximum Gasteiger partial charge on any atom is 0.267 e. The smallest absolute Gasteiger partial charge is 0.267 e. The summed E-state index contributed by atoms with van der Waals surface area (Å²) in [4.78, 5) is 10.9. The number of phosphoric ester groups is 1. The van der Waals surface area contributed by atoms with Gasteiger partial charge < -0.3 is 13.9 Å². The lowest BCUT2D eigenvalue weighted by Crippen LogP contribution is -2.06. The molecule has 0 amide bonds. The minimum atomic E-state index is -4.01. The van der Waals surface area contributed by atoms with Crippen molar-refractivity contribution in [2.75, 3.05) is 13.7 Å². The number of rotatable bonds is 19. The summed E-state index contributed by atoms with van der Waals surface area (Å²) in [5, 5.41) is 0. The fourth-order valence-electron chi connectivity index (χ4n) is 2.88. The van der Waals surface area contributed by atoms with E-state index in [4.69, 9.17) is 0 Å². The van der Waals surface area contributed by atoms with Crippen LogP contribution in [-0.2, 0) is 13.6 Å². The number of unbranched alkanes of at least 4 members (excludes halogenated alkanes) is 15. The van der Waals surface area contributed by atoms with Crippen molar-refractivity contribution in [2.24, 2.45) is 0 Å². The lowest BCUT2D eigenvalue weighted by atomic mass is 10.0. The van der Waals surface area contributed by atoms with E-state index < -0.39 is 7.82 Å². The van der Waals surface area contributed by atoms with Gasteiger partial charge in [-0.1, -0.05) is 103 Å². The number of hydrogen-bond donors (Lipinski definition) is 0. The fraction of sp³-hybridized carbons (Fsp3) is 1.00. The molecule has 0 radical (unpaired) electrons. The summed E-state index contributed by atoms with van der Waals surface area (Å²) >= 11 is 0. The van der Waals surface area contributed by atoms with Crippen LogP contribution in [0.5, 0.6) is 0 Å². The van der Waals surface area contributed by atoms with Crippen molar-refractivity contribution in [3.63, 3.8) is 0 Å². The Labute approximate surface area is 150 Å². The highest BCUT2D eigenvalue weighted by Gasteiger charge is 2.04. The van der Waals surface area contributed by atoms with Crippen molar-refractivity contribution in [1.82, 2.24) is 0 Å². The molecule has 146 valence electrons. The maximum atomic E-state index is 10.9. The quantitative estimate of drug-likeness (QED) is 0.197. The van der Waals surface area contributed by atoms with E-state index >= 15 is 0 Å². The third-order valence-corrected chi connectivity index (χ3v) is 5.42. The Morgan fingerprint density at radius 3 is 1.33 bits per heavy atom. The molecule has 0 rings (SSSR count). The first-order chi connectivity index (χ1) is 11.6. The minimum Gasteiger partial charge on any atom is -0.756 e. The first kappa shape index (κ1) is 24.1. The van der Waals surface area contributed by atoms with Crippen molar-refractivity contribution in [3.8, 4) is 0 Å². The van der Waals surface area contributed by atoms with Gasteiger partial charge in [-0.15, -0.1) is 0 Å². The van der Waals surface area contributed by atoms with Gasteiger partial charge in [-0.2, -0.15) is 0 Å². The molecule has 4 nitrogen and oxygen atoms in total. The monoisotopic (exact) mass is 363 g/mol. The molecule has 0 heterocycles. The summed E-state index contributed by atoms with van der Waals surface area (Å²) in [5.41, 5.74) is 0. The second-order valence-electron chi connectivity index (χ2n) is 6.77. The lowest BCUT2D eigenvalue weighted by molar-refractivity contribution is -0.223.